The molecule has 2 unspecified atom stereocenters. The number of aliphatic hydroxyl groups is 2. The van der Waals surface area contributed by atoms with Gasteiger partial charge in [-0.3, -0.25) is 10.1 Å². The molecule has 2 atom stereocenters. The molecule has 1 aromatic rings. The fourth-order valence-corrected chi connectivity index (χ4v) is 1.88. The SMILES string of the molecule is CC(CO)C(O)c1ccc([N+](=O)[O-])cc1Br. The van der Waals surface area contributed by atoms with Crippen molar-refractivity contribution < 1.29 is 15.1 Å². The Morgan fingerprint density at radius 2 is 2.19 bits per heavy atom. The van der Waals surface area contributed by atoms with E-state index in [2.05, 4.69) is 15.9 Å². The predicted molar refractivity (Wildman–Crippen MR) is 62.0 cm³/mol. The van der Waals surface area contributed by atoms with Gasteiger partial charge in [-0.15, -0.1) is 0 Å². The zero-order chi connectivity index (χ0) is 12.3. The van der Waals surface area contributed by atoms with Crippen LogP contribution in [0.4, 0.5) is 5.69 Å². The van der Waals surface area contributed by atoms with Crippen LogP contribution in [0, 0.1) is 16.0 Å². The minimum absolute atomic E-state index is 0.0422. The van der Waals surface area contributed by atoms with E-state index in [0.717, 1.165) is 0 Å². The molecule has 2 N–H and O–H groups in total. The summed E-state index contributed by atoms with van der Waals surface area (Å²) in [6.45, 7) is 1.54. The number of nitrogens with zero attached hydrogens (tertiary/aromatic N) is 1. The molecule has 5 nitrogen and oxygen atoms in total. The van der Waals surface area contributed by atoms with Gasteiger partial charge in [-0.05, 0) is 11.6 Å². The van der Waals surface area contributed by atoms with Crippen LogP contribution in [-0.2, 0) is 0 Å². The molecular weight excluding hydrogens is 278 g/mol. The summed E-state index contributed by atoms with van der Waals surface area (Å²) in [7, 11) is 0. The van der Waals surface area contributed by atoms with Crippen LogP contribution in [0.25, 0.3) is 0 Å². The average molecular weight is 290 g/mol. The van der Waals surface area contributed by atoms with Crippen molar-refractivity contribution in [2.24, 2.45) is 5.92 Å². The minimum atomic E-state index is -0.847. The van der Waals surface area contributed by atoms with Crippen molar-refractivity contribution in [2.75, 3.05) is 6.61 Å². The summed E-state index contributed by atoms with van der Waals surface area (Å²) in [6.07, 6.45) is -0.847. The van der Waals surface area contributed by atoms with Crippen molar-refractivity contribution in [3.63, 3.8) is 0 Å². The molecule has 0 spiro atoms. The Morgan fingerprint density at radius 3 is 2.62 bits per heavy atom. The Balaban J connectivity index is 3.03. The third-order valence-electron chi connectivity index (χ3n) is 2.34. The maximum Gasteiger partial charge on any atom is 0.270 e. The van der Waals surface area contributed by atoms with E-state index in [1.807, 2.05) is 0 Å². The second kappa shape index (κ2) is 5.38. The summed E-state index contributed by atoms with van der Waals surface area (Å²) in [6, 6.07) is 4.15. The molecular formula is C10H12BrNO4. The lowest BCUT2D eigenvalue weighted by molar-refractivity contribution is -0.385. The van der Waals surface area contributed by atoms with Crippen molar-refractivity contribution in [1.82, 2.24) is 0 Å². The molecule has 88 valence electrons. The molecule has 0 aromatic heterocycles. The van der Waals surface area contributed by atoms with Gasteiger partial charge in [0.15, 0.2) is 0 Å². The number of hydrogen-bond donors (Lipinski definition) is 2. The number of benzene rings is 1. The molecule has 0 fully saturated rings. The molecule has 0 saturated heterocycles. The standard InChI is InChI=1S/C10H12BrNO4/c1-6(5-13)10(14)8-3-2-7(12(15)16)4-9(8)11/h2-4,6,10,13-14H,5H2,1H3. The van der Waals surface area contributed by atoms with Crippen LogP contribution in [0.15, 0.2) is 22.7 Å². The van der Waals surface area contributed by atoms with Crippen LogP contribution in [0.5, 0.6) is 0 Å². The molecule has 6 heteroatoms. The Morgan fingerprint density at radius 1 is 1.56 bits per heavy atom. The van der Waals surface area contributed by atoms with E-state index >= 15 is 0 Å². The lowest BCUT2D eigenvalue weighted by Crippen LogP contribution is -2.13. The first-order valence-electron chi connectivity index (χ1n) is 4.70. The van der Waals surface area contributed by atoms with E-state index in [1.165, 1.54) is 18.2 Å². The normalized spacial score (nSPS) is 14.5. The van der Waals surface area contributed by atoms with Crippen molar-refractivity contribution in [2.45, 2.75) is 13.0 Å². The third kappa shape index (κ3) is 2.78. The Kier molecular flexibility index (Phi) is 4.40. The van der Waals surface area contributed by atoms with Gasteiger partial charge in [-0.2, -0.15) is 0 Å². The summed E-state index contributed by atoms with van der Waals surface area (Å²) in [5.74, 6) is -0.322. The number of aliphatic hydroxyl groups excluding tert-OH is 2. The summed E-state index contributed by atoms with van der Waals surface area (Å²) < 4.78 is 0.467. The average Bonchev–Trinajstić information content (AvgIpc) is 2.26. The zero-order valence-corrected chi connectivity index (χ0v) is 10.2. The van der Waals surface area contributed by atoms with E-state index in [0.29, 0.717) is 10.0 Å². The van der Waals surface area contributed by atoms with E-state index in [1.54, 1.807) is 6.92 Å². The Hall–Kier alpha value is -0.980. The highest BCUT2D eigenvalue weighted by molar-refractivity contribution is 9.10. The van der Waals surface area contributed by atoms with Crippen LogP contribution in [0.2, 0.25) is 0 Å². The first kappa shape index (κ1) is 13.1. The second-order valence-electron chi connectivity index (χ2n) is 3.57. The number of nitro benzene ring substituents is 1. The highest BCUT2D eigenvalue weighted by Gasteiger charge is 2.19. The van der Waals surface area contributed by atoms with Crippen LogP contribution in [-0.4, -0.2) is 21.7 Å². The maximum absolute atomic E-state index is 10.5. The van der Waals surface area contributed by atoms with Crippen molar-refractivity contribution in [3.05, 3.63) is 38.3 Å². The summed E-state index contributed by atoms with van der Waals surface area (Å²) in [5, 5.41) is 29.3. The minimum Gasteiger partial charge on any atom is -0.396 e. The zero-order valence-electron chi connectivity index (χ0n) is 8.63. The highest BCUT2D eigenvalue weighted by Crippen LogP contribution is 2.31. The van der Waals surface area contributed by atoms with Gasteiger partial charge in [0.2, 0.25) is 0 Å². The molecule has 1 aromatic carbocycles. The molecule has 0 radical (unpaired) electrons. The Labute approximate surface area is 101 Å². The number of halogens is 1. The number of hydrogen-bond acceptors (Lipinski definition) is 4. The molecule has 0 heterocycles. The molecule has 0 amide bonds. The van der Waals surface area contributed by atoms with E-state index < -0.39 is 11.0 Å². The van der Waals surface area contributed by atoms with Crippen LogP contribution < -0.4 is 0 Å². The van der Waals surface area contributed by atoms with Gasteiger partial charge in [0.25, 0.3) is 5.69 Å². The number of nitro groups is 1. The van der Waals surface area contributed by atoms with Gasteiger partial charge in [0, 0.05) is 29.1 Å². The van der Waals surface area contributed by atoms with E-state index in [-0.39, 0.29) is 18.2 Å². The summed E-state index contributed by atoms with van der Waals surface area (Å²) >= 11 is 3.17. The van der Waals surface area contributed by atoms with Gasteiger partial charge in [-0.1, -0.05) is 22.9 Å². The molecule has 1 rings (SSSR count). The fourth-order valence-electron chi connectivity index (χ4n) is 1.28. The van der Waals surface area contributed by atoms with Crippen molar-refractivity contribution in [3.8, 4) is 0 Å². The molecule has 0 aliphatic heterocycles. The summed E-state index contributed by atoms with van der Waals surface area (Å²) in [4.78, 5) is 10.0. The maximum atomic E-state index is 10.5. The number of non-ortho nitro benzene ring substituents is 1. The molecule has 0 saturated carbocycles. The van der Waals surface area contributed by atoms with Crippen LogP contribution in [0.3, 0.4) is 0 Å². The highest BCUT2D eigenvalue weighted by atomic mass is 79.9. The first-order valence-corrected chi connectivity index (χ1v) is 5.49. The van der Waals surface area contributed by atoms with Gasteiger partial charge < -0.3 is 10.2 Å². The quantitative estimate of drug-likeness (QED) is 0.656. The van der Waals surface area contributed by atoms with Crippen LogP contribution in [0.1, 0.15) is 18.6 Å². The smallest absolute Gasteiger partial charge is 0.270 e. The molecule has 0 aliphatic rings. The van der Waals surface area contributed by atoms with Crippen molar-refractivity contribution >= 4 is 21.6 Å². The molecule has 0 bridgehead atoms. The van der Waals surface area contributed by atoms with Gasteiger partial charge in [0.05, 0.1) is 11.0 Å². The molecule has 0 aliphatic carbocycles. The summed E-state index contributed by atoms with van der Waals surface area (Å²) in [5.41, 5.74) is 0.492. The van der Waals surface area contributed by atoms with Gasteiger partial charge in [-0.25, -0.2) is 0 Å². The Bertz CT molecular complexity index is 396. The van der Waals surface area contributed by atoms with E-state index in [9.17, 15) is 15.2 Å². The third-order valence-corrected chi connectivity index (χ3v) is 3.03. The topological polar surface area (TPSA) is 83.6 Å². The molecule has 16 heavy (non-hydrogen) atoms. The largest absolute Gasteiger partial charge is 0.396 e. The predicted octanol–water partition coefficient (Wildman–Crippen LogP) is 2.02. The first-order chi connectivity index (χ1) is 7.47. The van der Waals surface area contributed by atoms with Gasteiger partial charge in [0.1, 0.15) is 0 Å². The van der Waals surface area contributed by atoms with Crippen LogP contribution >= 0.6 is 15.9 Å². The second-order valence-corrected chi connectivity index (χ2v) is 4.42. The van der Waals surface area contributed by atoms with E-state index in [4.69, 9.17) is 5.11 Å². The van der Waals surface area contributed by atoms with Crippen molar-refractivity contribution in [1.29, 1.82) is 0 Å². The lowest BCUT2D eigenvalue weighted by Gasteiger charge is -2.17. The fraction of sp³-hybridized carbons (Fsp3) is 0.400. The number of rotatable bonds is 4. The monoisotopic (exact) mass is 289 g/mol. The van der Waals surface area contributed by atoms with Gasteiger partial charge >= 0.3 is 0 Å². The lowest BCUT2D eigenvalue weighted by atomic mass is 9.98.